The number of aryl methyl sites for hydroxylation is 1. The number of carbonyl (C=O) groups excluding carboxylic acids is 3. The minimum atomic E-state index is -1.05. The second kappa shape index (κ2) is 7.30. The van der Waals surface area contributed by atoms with E-state index in [-0.39, 0.29) is 24.3 Å². The molecule has 1 fully saturated rings. The number of hydrogen-bond acceptors (Lipinski definition) is 3. The van der Waals surface area contributed by atoms with Gasteiger partial charge in [-0.1, -0.05) is 72.8 Å². The molecular formula is C27H23N3O3. The largest absolute Gasteiger partial charge is 0.325 e. The van der Waals surface area contributed by atoms with Crippen molar-refractivity contribution in [3.63, 3.8) is 0 Å². The summed E-state index contributed by atoms with van der Waals surface area (Å²) in [6.07, 6.45) is 1.24. The van der Waals surface area contributed by atoms with Gasteiger partial charge in [-0.3, -0.25) is 14.5 Å². The average molecular weight is 437 g/mol. The Balaban J connectivity index is 1.27. The quantitative estimate of drug-likeness (QED) is 0.637. The van der Waals surface area contributed by atoms with Crippen LogP contribution in [0.3, 0.4) is 0 Å². The molecule has 2 heterocycles. The standard InChI is InChI=1S/C27H23N3O3/c31-24(29-16-21(18-8-2-1-3-9-18)20-11-5-7-13-23(20)29)17-30-25(32)27(28-26(30)33)15-14-19-10-4-6-12-22(19)27/h1-13,21H,14-17H2,(H,28,33). The minimum Gasteiger partial charge on any atom is -0.319 e. The first kappa shape index (κ1) is 19.7. The smallest absolute Gasteiger partial charge is 0.319 e. The van der Waals surface area contributed by atoms with Crippen molar-refractivity contribution in [3.05, 3.63) is 101 Å². The number of carbonyl (C=O) groups is 3. The molecular weight excluding hydrogens is 414 g/mol. The average Bonchev–Trinajstić information content (AvgIpc) is 3.49. The molecule has 6 nitrogen and oxygen atoms in total. The number of imide groups is 1. The molecule has 3 aromatic carbocycles. The third-order valence-corrected chi connectivity index (χ3v) is 7.19. The SMILES string of the molecule is O=C1NC2(CCc3ccccc32)C(=O)N1CC(=O)N1CC(c2ccccc2)c2ccccc21. The van der Waals surface area contributed by atoms with Crippen LogP contribution in [0.25, 0.3) is 0 Å². The molecule has 3 aliphatic rings. The third-order valence-electron chi connectivity index (χ3n) is 7.19. The molecule has 2 aliphatic heterocycles. The fraction of sp³-hybridized carbons (Fsp3) is 0.222. The zero-order chi connectivity index (χ0) is 22.6. The monoisotopic (exact) mass is 437 g/mol. The number of nitrogens with zero attached hydrogens (tertiary/aromatic N) is 2. The van der Waals surface area contributed by atoms with E-state index < -0.39 is 11.6 Å². The Bertz CT molecular complexity index is 1290. The number of rotatable bonds is 3. The van der Waals surface area contributed by atoms with E-state index in [0.717, 1.165) is 39.3 Å². The van der Waals surface area contributed by atoms with E-state index in [1.807, 2.05) is 66.7 Å². The Kier molecular flexibility index (Phi) is 4.37. The van der Waals surface area contributed by atoms with E-state index >= 15 is 0 Å². The Hall–Kier alpha value is -3.93. The maximum Gasteiger partial charge on any atom is 0.325 e. The summed E-state index contributed by atoms with van der Waals surface area (Å²) in [5.74, 6) is -0.534. The van der Waals surface area contributed by atoms with Crippen molar-refractivity contribution in [2.45, 2.75) is 24.3 Å². The Morgan fingerprint density at radius 2 is 1.67 bits per heavy atom. The summed E-state index contributed by atoms with van der Waals surface area (Å²) >= 11 is 0. The fourth-order valence-electron chi connectivity index (χ4n) is 5.57. The molecule has 1 spiro atoms. The number of urea groups is 1. The van der Waals surface area contributed by atoms with Crippen LogP contribution in [0.4, 0.5) is 10.5 Å². The molecule has 33 heavy (non-hydrogen) atoms. The van der Waals surface area contributed by atoms with Crippen LogP contribution in [-0.2, 0) is 21.5 Å². The number of amides is 4. The molecule has 1 N–H and O–H groups in total. The highest BCUT2D eigenvalue weighted by Crippen LogP contribution is 2.42. The molecule has 2 atom stereocenters. The number of anilines is 1. The van der Waals surface area contributed by atoms with Crippen molar-refractivity contribution in [1.82, 2.24) is 10.2 Å². The molecule has 2 unspecified atom stereocenters. The molecule has 3 aromatic rings. The highest BCUT2D eigenvalue weighted by atomic mass is 16.2. The van der Waals surface area contributed by atoms with E-state index in [0.29, 0.717) is 13.0 Å². The van der Waals surface area contributed by atoms with Gasteiger partial charge in [0.05, 0.1) is 0 Å². The lowest BCUT2D eigenvalue weighted by molar-refractivity contribution is -0.134. The molecule has 6 heteroatoms. The van der Waals surface area contributed by atoms with E-state index in [9.17, 15) is 14.4 Å². The maximum atomic E-state index is 13.5. The minimum absolute atomic E-state index is 0.0579. The Morgan fingerprint density at radius 1 is 0.939 bits per heavy atom. The normalized spacial score (nSPS) is 23.1. The van der Waals surface area contributed by atoms with Gasteiger partial charge in [-0.25, -0.2) is 4.79 Å². The van der Waals surface area contributed by atoms with Gasteiger partial charge in [0.15, 0.2) is 0 Å². The summed E-state index contributed by atoms with van der Waals surface area (Å²) in [7, 11) is 0. The van der Waals surface area contributed by atoms with Crippen LogP contribution in [0.5, 0.6) is 0 Å². The summed E-state index contributed by atoms with van der Waals surface area (Å²) < 4.78 is 0. The van der Waals surface area contributed by atoms with Crippen molar-refractivity contribution in [2.75, 3.05) is 18.0 Å². The van der Waals surface area contributed by atoms with Crippen molar-refractivity contribution >= 4 is 23.5 Å². The van der Waals surface area contributed by atoms with E-state index in [1.54, 1.807) is 4.90 Å². The lowest BCUT2D eigenvalue weighted by Crippen LogP contribution is -2.44. The van der Waals surface area contributed by atoms with Gasteiger partial charge in [0.25, 0.3) is 5.91 Å². The second-order valence-electron chi connectivity index (χ2n) is 8.91. The summed E-state index contributed by atoms with van der Waals surface area (Å²) in [5, 5.41) is 2.90. The summed E-state index contributed by atoms with van der Waals surface area (Å²) in [6, 6.07) is 25.1. The molecule has 0 bridgehead atoms. The molecule has 0 radical (unpaired) electrons. The van der Waals surface area contributed by atoms with Crippen molar-refractivity contribution < 1.29 is 14.4 Å². The molecule has 0 aromatic heterocycles. The number of hydrogen-bond donors (Lipinski definition) is 1. The highest BCUT2D eigenvalue weighted by molar-refractivity contribution is 6.11. The van der Waals surface area contributed by atoms with Gasteiger partial charge >= 0.3 is 6.03 Å². The molecule has 1 saturated heterocycles. The molecule has 164 valence electrons. The van der Waals surface area contributed by atoms with Crippen LogP contribution in [0.1, 0.15) is 34.6 Å². The zero-order valence-electron chi connectivity index (χ0n) is 18.0. The maximum absolute atomic E-state index is 13.5. The first-order valence-corrected chi connectivity index (χ1v) is 11.3. The van der Waals surface area contributed by atoms with Gasteiger partial charge in [-0.2, -0.15) is 0 Å². The summed E-state index contributed by atoms with van der Waals surface area (Å²) in [5.41, 5.74) is 3.91. The predicted octanol–water partition coefficient (Wildman–Crippen LogP) is 3.56. The van der Waals surface area contributed by atoms with E-state index in [1.165, 1.54) is 0 Å². The molecule has 6 rings (SSSR count). The van der Waals surface area contributed by atoms with Gasteiger partial charge in [0.1, 0.15) is 12.1 Å². The van der Waals surface area contributed by atoms with Crippen molar-refractivity contribution in [3.8, 4) is 0 Å². The van der Waals surface area contributed by atoms with E-state index in [4.69, 9.17) is 0 Å². The molecule has 1 aliphatic carbocycles. The topological polar surface area (TPSA) is 69.7 Å². The lowest BCUT2D eigenvalue weighted by atomic mass is 9.92. The van der Waals surface area contributed by atoms with Gasteiger partial charge in [0.2, 0.25) is 5.91 Å². The van der Waals surface area contributed by atoms with Crippen LogP contribution >= 0.6 is 0 Å². The highest BCUT2D eigenvalue weighted by Gasteiger charge is 2.55. The van der Waals surface area contributed by atoms with Crippen LogP contribution in [0, 0.1) is 0 Å². The van der Waals surface area contributed by atoms with Crippen molar-refractivity contribution in [1.29, 1.82) is 0 Å². The molecule has 4 amide bonds. The van der Waals surface area contributed by atoms with Gasteiger partial charge in [0, 0.05) is 18.2 Å². The number of nitrogens with one attached hydrogen (secondary N) is 1. The first-order chi connectivity index (χ1) is 16.1. The predicted molar refractivity (Wildman–Crippen MR) is 124 cm³/mol. The third kappa shape index (κ3) is 2.90. The number of fused-ring (bicyclic) bond motifs is 3. The van der Waals surface area contributed by atoms with Gasteiger partial charge < -0.3 is 10.2 Å². The Labute approximate surface area is 191 Å². The van der Waals surface area contributed by atoms with E-state index in [2.05, 4.69) is 17.4 Å². The summed E-state index contributed by atoms with van der Waals surface area (Å²) in [4.78, 5) is 42.5. The summed E-state index contributed by atoms with van der Waals surface area (Å²) in [6.45, 7) is 0.213. The van der Waals surface area contributed by atoms with Crippen LogP contribution < -0.4 is 10.2 Å². The first-order valence-electron chi connectivity index (χ1n) is 11.3. The Morgan fingerprint density at radius 3 is 2.52 bits per heavy atom. The van der Waals surface area contributed by atoms with Crippen LogP contribution in [0.2, 0.25) is 0 Å². The van der Waals surface area contributed by atoms with Gasteiger partial charge in [-0.15, -0.1) is 0 Å². The fourth-order valence-corrected chi connectivity index (χ4v) is 5.57. The zero-order valence-corrected chi connectivity index (χ0v) is 18.0. The van der Waals surface area contributed by atoms with Gasteiger partial charge in [-0.05, 0) is 41.2 Å². The van der Waals surface area contributed by atoms with Crippen LogP contribution in [0.15, 0.2) is 78.9 Å². The molecule has 0 saturated carbocycles. The van der Waals surface area contributed by atoms with Crippen LogP contribution in [-0.4, -0.2) is 35.8 Å². The lowest BCUT2D eigenvalue weighted by Gasteiger charge is -2.23. The number of para-hydroxylation sites is 1. The van der Waals surface area contributed by atoms with Crippen molar-refractivity contribution in [2.24, 2.45) is 0 Å². The number of benzene rings is 3. The second-order valence-corrected chi connectivity index (χ2v) is 8.91.